The van der Waals surface area contributed by atoms with Gasteiger partial charge in [-0.05, 0) is 13.0 Å². The molecule has 0 bridgehead atoms. The van der Waals surface area contributed by atoms with E-state index in [4.69, 9.17) is 0 Å². The third-order valence-corrected chi connectivity index (χ3v) is 2.31. The Balaban J connectivity index is 1.95. The first-order chi connectivity index (χ1) is 8.28. The maximum atomic E-state index is 4.35. The summed E-state index contributed by atoms with van der Waals surface area (Å²) in [5.41, 5.74) is 0. The van der Waals surface area contributed by atoms with Gasteiger partial charge in [0.1, 0.15) is 11.6 Å². The lowest BCUT2D eigenvalue weighted by Gasteiger charge is -2.14. The molecule has 0 radical (unpaired) electrons. The molecule has 0 aliphatic carbocycles. The molecule has 0 aliphatic rings. The predicted molar refractivity (Wildman–Crippen MR) is 66.9 cm³/mol. The molecule has 1 unspecified atom stereocenters. The molecule has 0 saturated carbocycles. The summed E-state index contributed by atoms with van der Waals surface area (Å²) in [5, 5.41) is 10.4. The number of hydrogen-bond donors (Lipinski definition) is 2. The van der Waals surface area contributed by atoms with E-state index in [0.29, 0.717) is 0 Å². The maximum Gasteiger partial charge on any atom is 0.147 e. The van der Waals surface area contributed by atoms with E-state index in [1.165, 1.54) is 0 Å². The molecular weight excluding hydrogens is 216 g/mol. The van der Waals surface area contributed by atoms with Crippen LogP contribution in [0.4, 0.5) is 11.6 Å². The van der Waals surface area contributed by atoms with Gasteiger partial charge in [0, 0.05) is 25.5 Å². The summed E-state index contributed by atoms with van der Waals surface area (Å²) >= 11 is 0. The molecule has 2 aromatic rings. The zero-order valence-electron chi connectivity index (χ0n) is 9.96. The molecule has 2 aromatic heterocycles. The van der Waals surface area contributed by atoms with E-state index < -0.39 is 0 Å². The molecule has 0 saturated heterocycles. The fourth-order valence-corrected chi connectivity index (χ4v) is 1.54. The molecule has 2 rings (SSSR count). The summed E-state index contributed by atoms with van der Waals surface area (Å²) in [6, 6.07) is 2.14. The second kappa shape index (κ2) is 5.29. The van der Waals surface area contributed by atoms with Crippen LogP contribution in [0.25, 0.3) is 0 Å². The van der Waals surface area contributed by atoms with Crippen LogP contribution in [0.5, 0.6) is 0 Å². The SMILES string of the molecule is CNc1cncc(NC(C)Cn2cccn2)n1. The van der Waals surface area contributed by atoms with Crippen LogP contribution in [-0.4, -0.2) is 32.8 Å². The number of anilines is 2. The zero-order chi connectivity index (χ0) is 12.1. The van der Waals surface area contributed by atoms with E-state index in [-0.39, 0.29) is 6.04 Å². The van der Waals surface area contributed by atoms with Crippen LogP contribution in [0.2, 0.25) is 0 Å². The monoisotopic (exact) mass is 232 g/mol. The van der Waals surface area contributed by atoms with Crippen molar-refractivity contribution in [3.63, 3.8) is 0 Å². The Labute approximate surface area is 100 Å². The smallest absolute Gasteiger partial charge is 0.147 e. The second-order valence-electron chi connectivity index (χ2n) is 3.81. The van der Waals surface area contributed by atoms with Gasteiger partial charge < -0.3 is 10.6 Å². The van der Waals surface area contributed by atoms with Crippen LogP contribution in [0.3, 0.4) is 0 Å². The minimum atomic E-state index is 0.233. The Hall–Kier alpha value is -2.11. The number of rotatable bonds is 5. The topological polar surface area (TPSA) is 67.7 Å². The van der Waals surface area contributed by atoms with E-state index in [1.54, 1.807) is 18.6 Å². The second-order valence-corrected chi connectivity index (χ2v) is 3.81. The highest BCUT2D eigenvalue weighted by atomic mass is 15.3. The van der Waals surface area contributed by atoms with E-state index in [2.05, 4.69) is 32.6 Å². The van der Waals surface area contributed by atoms with Gasteiger partial charge in [-0.3, -0.25) is 9.67 Å². The van der Waals surface area contributed by atoms with Crippen molar-refractivity contribution in [2.75, 3.05) is 17.7 Å². The van der Waals surface area contributed by atoms with Crippen molar-refractivity contribution in [2.45, 2.75) is 19.5 Å². The first-order valence-corrected chi connectivity index (χ1v) is 5.51. The van der Waals surface area contributed by atoms with E-state index in [0.717, 1.165) is 18.2 Å². The van der Waals surface area contributed by atoms with E-state index >= 15 is 0 Å². The van der Waals surface area contributed by atoms with Crippen LogP contribution in [-0.2, 0) is 6.54 Å². The Bertz CT molecular complexity index is 453. The highest BCUT2D eigenvalue weighted by Crippen LogP contribution is 2.07. The highest BCUT2D eigenvalue weighted by molar-refractivity contribution is 5.41. The third kappa shape index (κ3) is 3.17. The molecule has 0 fully saturated rings. The highest BCUT2D eigenvalue weighted by Gasteiger charge is 2.04. The van der Waals surface area contributed by atoms with Crippen molar-refractivity contribution in [2.24, 2.45) is 0 Å². The summed E-state index contributed by atoms with van der Waals surface area (Å²) in [6.45, 7) is 2.87. The van der Waals surface area contributed by atoms with Crippen LogP contribution < -0.4 is 10.6 Å². The maximum absolute atomic E-state index is 4.35. The van der Waals surface area contributed by atoms with Gasteiger partial charge in [-0.15, -0.1) is 0 Å². The number of hydrogen-bond acceptors (Lipinski definition) is 5. The van der Waals surface area contributed by atoms with Gasteiger partial charge in [0.05, 0.1) is 18.9 Å². The number of nitrogens with one attached hydrogen (secondary N) is 2. The Morgan fingerprint density at radius 2 is 2.18 bits per heavy atom. The molecule has 1 atom stereocenters. The van der Waals surface area contributed by atoms with Gasteiger partial charge in [0.25, 0.3) is 0 Å². The van der Waals surface area contributed by atoms with Crippen molar-refractivity contribution in [3.8, 4) is 0 Å². The lowest BCUT2D eigenvalue weighted by atomic mass is 10.3. The Morgan fingerprint density at radius 3 is 2.88 bits per heavy atom. The van der Waals surface area contributed by atoms with Crippen LogP contribution in [0.1, 0.15) is 6.92 Å². The lowest BCUT2D eigenvalue weighted by molar-refractivity contribution is 0.559. The first-order valence-electron chi connectivity index (χ1n) is 5.51. The molecule has 6 heteroatoms. The zero-order valence-corrected chi connectivity index (χ0v) is 9.96. The van der Waals surface area contributed by atoms with Gasteiger partial charge in [-0.2, -0.15) is 5.10 Å². The molecule has 90 valence electrons. The van der Waals surface area contributed by atoms with Gasteiger partial charge in [-0.1, -0.05) is 0 Å². The molecule has 2 heterocycles. The summed E-state index contributed by atoms with van der Waals surface area (Å²) in [4.78, 5) is 8.44. The van der Waals surface area contributed by atoms with Crippen molar-refractivity contribution in [3.05, 3.63) is 30.9 Å². The molecule has 17 heavy (non-hydrogen) atoms. The molecule has 6 nitrogen and oxygen atoms in total. The minimum absolute atomic E-state index is 0.233. The fourth-order valence-electron chi connectivity index (χ4n) is 1.54. The van der Waals surface area contributed by atoms with Crippen molar-refractivity contribution in [1.29, 1.82) is 0 Å². The average molecular weight is 232 g/mol. The number of aromatic nitrogens is 4. The van der Waals surface area contributed by atoms with Crippen molar-refractivity contribution >= 4 is 11.6 Å². The lowest BCUT2D eigenvalue weighted by Crippen LogP contribution is -2.23. The summed E-state index contributed by atoms with van der Waals surface area (Å²) in [5.74, 6) is 1.51. The first kappa shape index (κ1) is 11.4. The fraction of sp³-hybridized carbons (Fsp3) is 0.364. The molecule has 0 spiro atoms. The Morgan fingerprint density at radius 1 is 1.35 bits per heavy atom. The van der Waals surface area contributed by atoms with E-state index in [9.17, 15) is 0 Å². The van der Waals surface area contributed by atoms with Crippen molar-refractivity contribution < 1.29 is 0 Å². The summed E-state index contributed by atoms with van der Waals surface area (Å²) in [6.07, 6.45) is 7.10. The molecule has 2 N–H and O–H groups in total. The van der Waals surface area contributed by atoms with Gasteiger partial charge in [-0.25, -0.2) is 4.98 Å². The molecule has 0 aromatic carbocycles. The van der Waals surface area contributed by atoms with E-state index in [1.807, 2.05) is 24.0 Å². The van der Waals surface area contributed by atoms with Gasteiger partial charge >= 0.3 is 0 Å². The van der Waals surface area contributed by atoms with Gasteiger partial charge in [0.2, 0.25) is 0 Å². The molecule has 0 amide bonds. The Kier molecular flexibility index (Phi) is 3.54. The van der Waals surface area contributed by atoms with Crippen LogP contribution in [0.15, 0.2) is 30.9 Å². The predicted octanol–water partition coefficient (Wildman–Crippen LogP) is 1.22. The van der Waals surface area contributed by atoms with Crippen molar-refractivity contribution in [1.82, 2.24) is 19.7 Å². The standard InChI is InChI=1S/C11H16N6/c1-9(8-17-5-3-4-14-17)15-11-7-13-6-10(12-2)16-11/h3-7,9H,8H2,1-2H3,(H2,12,15,16). The summed E-state index contributed by atoms with van der Waals surface area (Å²) < 4.78 is 1.88. The quantitative estimate of drug-likeness (QED) is 0.811. The third-order valence-electron chi connectivity index (χ3n) is 2.31. The summed E-state index contributed by atoms with van der Waals surface area (Å²) in [7, 11) is 1.82. The van der Waals surface area contributed by atoms with Gasteiger partial charge in [0.15, 0.2) is 0 Å². The minimum Gasteiger partial charge on any atom is -0.372 e. The normalized spacial score (nSPS) is 12.1. The largest absolute Gasteiger partial charge is 0.372 e. The van der Waals surface area contributed by atoms with Crippen LogP contribution in [0, 0.1) is 0 Å². The molecular formula is C11H16N6. The van der Waals surface area contributed by atoms with Crippen LogP contribution >= 0.6 is 0 Å². The molecule has 0 aliphatic heterocycles. The number of nitrogens with zero attached hydrogens (tertiary/aromatic N) is 4. The average Bonchev–Trinajstić information content (AvgIpc) is 2.82.